The molecule has 0 radical (unpaired) electrons. The van der Waals surface area contributed by atoms with Crippen molar-refractivity contribution in [1.29, 1.82) is 0 Å². The lowest BCUT2D eigenvalue weighted by molar-refractivity contribution is -0.122. The highest BCUT2D eigenvalue weighted by atomic mass is 16.3. The van der Waals surface area contributed by atoms with Crippen LogP contribution in [0.2, 0.25) is 0 Å². The lowest BCUT2D eigenvalue weighted by atomic mass is 10.0. The largest absolute Gasteiger partial charge is 0.483 e. The summed E-state index contributed by atoms with van der Waals surface area (Å²) in [5, 5.41) is 25.2. The van der Waals surface area contributed by atoms with Crippen LogP contribution in [-0.2, 0) is 4.79 Å². The maximum atomic E-state index is 8.67. The number of aryl methyl sites for hydroxylation is 1. The summed E-state index contributed by atoms with van der Waals surface area (Å²) in [6, 6.07) is 19.8. The topological polar surface area (TPSA) is 93.6 Å². The molecule has 0 aliphatic carbocycles. The van der Waals surface area contributed by atoms with E-state index in [4.69, 9.17) is 15.0 Å². The van der Waals surface area contributed by atoms with Gasteiger partial charge in [0.05, 0.1) is 6.10 Å². The number of hydrogen-bond acceptors (Lipinski definition) is 5. The molecular weight excluding hydrogens is 390 g/mol. The Morgan fingerprint density at radius 2 is 1.68 bits per heavy atom. The Morgan fingerprint density at radius 3 is 2.13 bits per heavy atom. The summed E-state index contributed by atoms with van der Waals surface area (Å²) in [5.74, 6) is 0. The highest BCUT2D eigenvalue weighted by Gasteiger charge is 2.11. The third-order valence-corrected chi connectivity index (χ3v) is 5.10. The van der Waals surface area contributed by atoms with Crippen LogP contribution in [-0.4, -0.2) is 62.1 Å². The molecule has 2 aliphatic rings. The lowest BCUT2D eigenvalue weighted by Gasteiger charge is -2.07. The molecule has 6 heteroatoms. The van der Waals surface area contributed by atoms with Crippen molar-refractivity contribution >= 4 is 6.47 Å². The van der Waals surface area contributed by atoms with Crippen LogP contribution in [0.15, 0.2) is 54.6 Å². The first-order chi connectivity index (χ1) is 15.1. The molecule has 31 heavy (non-hydrogen) atoms. The molecule has 2 fully saturated rings. The highest BCUT2D eigenvalue weighted by molar-refractivity contribution is 5.63. The van der Waals surface area contributed by atoms with Crippen LogP contribution in [0, 0.1) is 6.92 Å². The summed E-state index contributed by atoms with van der Waals surface area (Å²) >= 11 is 0. The number of aliphatic hydroxyl groups is 1. The van der Waals surface area contributed by atoms with Gasteiger partial charge in [0.2, 0.25) is 0 Å². The third kappa shape index (κ3) is 12.9. The van der Waals surface area contributed by atoms with Crippen molar-refractivity contribution in [3.63, 3.8) is 0 Å². The Kier molecular flexibility index (Phi) is 15.1. The van der Waals surface area contributed by atoms with E-state index in [1.165, 1.54) is 42.5 Å². The van der Waals surface area contributed by atoms with E-state index in [2.05, 4.69) is 71.4 Å². The van der Waals surface area contributed by atoms with Crippen molar-refractivity contribution < 1.29 is 15.0 Å². The number of benzene rings is 2. The van der Waals surface area contributed by atoms with Crippen molar-refractivity contribution in [2.75, 3.05) is 33.2 Å². The van der Waals surface area contributed by atoms with Gasteiger partial charge >= 0.3 is 0 Å². The zero-order chi connectivity index (χ0) is 22.7. The average molecular weight is 430 g/mol. The Hall–Kier alpha value is -2.25. The van der Waals surface area contributed by atoms with E-state index in [1.807, 2.05) is 13.1 Å². The number of hydrogen-bond donors (Lipinski definition) is 5. The van der Waals surface area contributed by atoms with E-state index >= 15 is 0 Å². The zero-order valence-electron chi connectivity index (χ0n) is 18.9. The monoisotopic (exact) mass is 429 g/mol. The van der Waals surface area contributed by atoms with Crippen molar-refractivity contribution in [3.05, 3.63) is 60.2 Å². The van der Waals surface area contributed by atoms with E-state index in [0.29, 0.717) is 0 Å². The van der Waals surface area contributed by atoms with Crippen molar-refractivity contribution in [3.8, 4) is 11.1 Å². The molecule has 4 rings (SSSR count). The van der Waals surface area contributed by atoms with E-state index < -0.39 is 0 Å². The fraction of sp³-hybridized carbons (Fsp3) is 0.480. The molecule has 0 bridgehead atoms. The second kappa shape index (κ2) is 17.4. The minimum atomic E-state index is -0.250. The predicted octanol–water partition coefficient (Wildman–Crippen LogP) is 3.05. The van der Waals surface area contributed by atoms with Gasteiger partial charge < -0.3 is 26.2 Å². The van der Waals surface area contributed by atoms with Gasteiger partial charge in [-0.25, -0.2) is 0 Å². The smallest absolute Gasteiger partial charge is 0.290 e. The molecule has 0 saturated carbocycles. The van der Waals surface area contributed by atoms with Crippen LogP contribution in [0.5, 0.6) is 0 Å². The Morgan fingerprint density at radius 1 is 1.03 bits per heavy atom. The van der Waals surface area contributed by atoms with E-state index in [1.54, 1.807) is 0 Å². The molecule has 2 aromatic carbocycles. The first kappa shape index (κ1) is 26.8. The maximum absolute atomic E-state index is 8.67. The highest BCUT2D eigenvalue weighted by Crippen LogP contribution is 2.18. The Balaban J connectivity index is 0.000000232. The first-order valence-corrected chi connectivity index (χ1v) is 11.1. The number of aliphatic hydroxyl groups excluding tert-OH is 1. The van der Waals surface area contributed by atoms with Gasteiger partial charge in [0.25, 0.3) is 6.47 Å². The Labute approximate surface area is 187 Å². The average Bonchev–Trinajstić information content (AvgIpc) is 3.49. The second-order valence-electron chi connectivity index (χ2n) is 7.67. The standard InChI is InChI=1S/C13H12.C7H16N2.C4H9NO.CH2O2/c1-11-7-9-13(10-8-11)12-5-3-2-4-6-12;1-8-6-4-7-3-2-5-9-7;6-4-1-2-5-3-4;2-1-3/h2-10H,1H3;7-9H,2-6H2,1H3;4-6H,1-3H2;1H,(H,2,3). The molecule has 5 N–H and O–H groups in total. The number of carboxylic acid groups (broad SMARTS) is 1. The molecule has 0 spiro atoms. The molecule has 2 aromatic rings. The SMILES string of the molecule is CNCCC1CCCN1.Cc1ccc(-c2ccccc2)cc1.O=CO.OC1CCNC1. The fourth-order valence-corrected chi connectivity index (χ4v) is 3.34. The van der Waals surface area contributed by atoms with Gasteiger partial charge in [-0.2, -0.15) is 0 Å². The minimum Gasteiger partial charge on any atom is -0.483 e. The molecular formula is C25H39N3O3. The summed E-state index contributed by atoms with van der Waals surface area (Å²) in [4.78, 5) is 8.36. The van der Waals surface area contributed by atoms with Crippen molar-refractivity contribution in [2.24, 2.45) is 0 Å². The maximum Gasteiger partial charge on any atom is 0.290 e. The van der Waals surface area contributed by atoms with Crippen LogP contribution < -0.4 is 16.0 Å². The molecule has 0 aromatic heterocycles. The van der Waals surface area contributed by atoms with Crippen molar-refractivity contribution in [2.45, 2.75) is 44.8 Å². The van der Waals surface area contributed by atoms with Crippen LogP contribution in [0.25, 0.3) is 11.1 Å². The third-order valence-electron chi connectivity index (χ3n) is 5.10. The molecule has 2 saturated heterocycles. The van der Waals surface area contributed by atoms with Gasteiger partial charge in [-0.05, 0) is 70.4 Å². The molecule has 2 heterocycles. The first-order valence-electron chi connectivity index (χ1n) is 11.1. The number of rotatable bonds is 4. The van der Waals surface area contributed by atoms with E-state index in [9.17, 15) is 0 Å². The van der Waals surface area contributed by atoms with Gasteiger partial charge in [-0.3, -0.25) is 4.79 Å². The summed E-state index contributed by atoms with van der Waals surface area (Å²) in [6.45, 7) is 6.02. The Bertz CT molecular complexity index is 668. The van der Waals surface area contributed by atoms with Crippen molar-refractivity contribution in [1.82, 2.24) is 16.0 Å². The minimum absolute atomic E-state index is 0.0648. The summed E-state index contributed by atoms with van der Waals surface area (Å²) < 4.78 is 0. The van der Waals surface area contributed by atoms with E-state index in [-0.39, 0.29) is 12.6 Å². The molecule has 2 atom stereocenters. The van der Waals surface area contributed by atoms with Gasteiger partial charge in [-0.1, -0.05) is 60.2 Å². The molecule has 6 nitrogen and oxygen atoms in total. The summed E-state index contributed by atoms with van der Waals surface area (Å²) in [7, 11) is 2.01. The van der Waals surface area contributed by atoms with Gasteiger partial charge in [0.1, 0.15) is 0 Å². The lowest BCUT2D eigenvalue weighted by Crippen LogP contribution is -2.25. The van der Waals surface area contributed by atoms with Gasteiger partial charge in [0, 0.05) is 12.6 Å². The quantitative estimate of drug-likeness (QED) is 0.480. The van der Waals surface area contributed by atoms with Crippen LogP contribution in [0.4, 0.5) is 0 Å². The van der Waals surface area contributed by atoms with Crippen LogP contribution in [0.1, 0.15) is 31.2 Å². The van der Waals surface area contributed by atoms with Gasteiger partial charge in [-0.15, -0.1) is 0 Å². The van der Waals surface area contributed by atoms with Crippen LogP contribution >= 0.6 is 0 Å². The van der Waals surface area contributed by atoms with Gasteiger partial charge in [0.15, 0.2) is 0 Å². The zero-order valence-corrected chi connectivity index (χ0v) is 18.9. The van der Waals surface area contributed by atoms with E-state index in [0.717, 1.165) is 32.1 Å². The summed E-state index contributed by atoms with van der Waals surface area (Å²) in [5.41, 5.74) is 3.87. The molecule has 2 aliphatic heterocycles. The molecule has 2 unspecified atom stereocenters. The summed E-state index contributed by atoms with van der Waals surface area (Å²) in [6.07, 6.45) is 4.90. The number of nitrogens with one attached hydrogen (secondary N) is 3. The molecule has 172 valence electrons. The number of carbonyl (C=O) groups is 1. The second-order valence-corrected chi connectivity index (χ2v) is 7.67. The fourth-order valence-electron chi connectivity index (χ4n) is 3.34. The predicted molar refractivity (Wildman–Crippen MR) is 128 cm³/mol. The molecule has 0 amide bonds. The van der Waals surface area contributed by atoms with Crippen LogP contribution in [0.3, 0.4) is 0 Å². The normalized spacial score (nSPS) is 19.1. The number of β-amino-alcohol motifs (C(OH)–C–C–N with tert-alkyl or cyclic N) is 1.